The zero-order valence-electron chi connectivity index (χ0n) is 9.09. The van der Waals surface area contributed by atoms with Crippen LogP contribution < -0.4 is 0 Å². The molecule has 0 aliphatic carbocycles. The fourth-order valence-corrected chi connectivity index (χ4v) is 15.5. The van der Waals surface area contributed by atoms with Crippen LogP contribution in [0.25, 0.3) is 0 Å². The summed E-state index contributed by atoms with van der Waals surface area (Å²) < 4.78 is 17.6. The molecular weight excluding hydrogens is 438 g/mol. The zero-order chi connectivity index (χ0) is 11.9. The van der Waals surface area contributed by atoms with E-state index in [1.54, 1.807) is 31.1 Å². The van der Waals surface area contributed by atoms with Gasteiger partial charge in [0.1, 0.15) is 0 Å². The first-order chi connectivity index (χ1) is 8.90. The predicted octanol–water partition coefficient (Wildman–Crippen LogP) is 3.63. The molecule has 0 saturated carbocycles. The molecule has 4 heterocycles. The van der Waals surface area contributed by atoms with Crippen molar-refractivity contribution >= 4 is 77.0 Å². The number of hydrogen-bond acceptors (Lipinski definition) is 6. The van der Waals surface area contributed by atoms with Crippen molar-refractivity contribution in [2.45, 2.75) is 10.6 Å². The van der Waals surface area contributed by atoms with Crippen LogP contribution in [0.5, 0.6) is 0 Å². The SMILES string of the molecule is C1COC2=C(O1)SC(=C1SC3=C(S1)[Se]CC[Se]3)S2. The molecule has 0 saturated heterocycles. The van der Waals surface area contributed by atoms with Crippen molar-refractivity contribution in [3.63, 3.8) is 0 Å². The molecule has 96 valence electrons. The standard InChI is InChI=1S/C10H8O2S4Se2/c1-2-12-6-5(11-1)13-7(14-6)8-15-9-10(16-8)18-4-3-17-9/h1-4H2. The third kappa shape index (κ3) is 2.44. The summed E-state index contributed by atoms with van der Waals surface area (Å²) >= 11 is 9.04. The van der Waals surface area contributed by atoms with E-state index in [0.717, 1.165) is 40.1 Å². The van der Waals surface area contributed by atoms with E-state index in [4.69, 9.17) is 9.47 Å². The minimum absolute atomic E-state index is 0.691. The summed E-state index contributed by atoms with van der Waals surface area (Å²) in [7, 11) is 0. The maximum absolute atomic E-state index is 5.65. The molecule has 0 aromatic heterocycles. The fraction of sp³-hybridized carbons (Fsp3) is 0.400. The van der Waals surface area contributed by atoms with E-state index < -0.39 is 0 Å². The van der Waals surface area contributed by atoms with Gasteiger partial charge in [-0.3, -0.25) is 0 Å². The molecule has 0 unspecified atom stereocenters. The van der Waals surface area contributed by atoms with Crippen LogP contribution >= 0.6 is 47.0 Å². The number of thioether (sulfide) groups is 4. The van der Waals surface area contributed by atoms with Crippen molar-refractivity contribution < 1.29 is 9.47 Å². The second-order valence-electron chi connectivity index (χ2n) is 3.53. The Morgan fingerprint density at radius 2 is 1.22 bits per heavy atom. The van der Waals surface area contributed by atoms with Crippen LogP contribution in [0.1, 0.15) is 0 Å². The Balaban J connectivity index is 1.54. The van der Waals surface area contributed by atoms with Gasteiger partial charge in [-0.15, -0.1) is 0 Å². The second kappa shape index (κ2) is 5.57. The van der Waals surface area contributed by atoms with Crippen LogP contribution in [-0.2, 0) is 9.47 Å². The van der Waals surface area contributed by atoms with E-state index in [0.29, 0.717) is 13.2 Å². The second-order valence-corrected chi connectivity index (χ2v) is 13.9. The molecule has 0 spiro atoms. The molecule has 0 atom stereocenters. The molecule has 0 fully saturated rings. The van der Waals surface area contributed by atoms with E-state index in [9.17, 15) is 0 Å². The summed E-state index contributed by atoms with van der Waals surface area (Å²) in [6.07, 6.45) is 0. The van der Waals surface area contributed by atoms with E-state index in [2.05, 4.69) is 0 Å². The molecule has 4 rings (SSSR count). The third-order valence-corrected chi connectivity index (χ3v) is 15.9. The van der Waals surface area contributed by atoms with Crippen LogP contribution in [0.4, 0.5) is 0 Å². The molecule has 0 aromatic carbocycles. The molecule has 4 aliphatic heterocycles. The first-order valence-corrected chi connectivity index (χ1v) is 12.8. The number of rotatable bonds is 0. The van der Waals surface area contributed by atoms with Gasteiger partial charge in [0.25, 0.3) is 0 Å². The molecular formula is C10H8O2S4Se2. The monoisotopic (exact) mass is 448 g/mol. The average Bonchev–Trinajstić information content (AvgIpc) is 3.02. The predicted molar refractivity (Wildman–Crippen MR) is 84.5 cm³/mol. The molecule has 0 aromatic rings. The summed E-state index contributed by atoms with van der Waals surface area (Å²) in [5.74, 6) is 0. The molecule has 18 heavy (non-hydrogen) atoms. The first-order valence-electron chi connectivity index (χ1n) is 5.35. The number of ether oxygens (including phenoxy) is 2. The van der Waals surface area contributed by atoms with Crippen LogP contribution in [-0.4, -0.2) is 43.1 Å². The Kier molecular flexibility index (Phi) is 4.01. The van der Waals surface area contributed by atoms with Gasteiger partial charge in [-0.2, -0.15) is 0 Å². The molecule has 0 radical (unpaired) electrons. The molecule has 2 nitrogen and oxygen atoms in total. The average molecular weight is 446 g/mol. The molecule has 4 aliphatic rings. The van der Waals surface area contributed by atoms with Crippen molar-refractivity contribution in [1.29, 1.82) is 0 Å². The van der Waals surface area contributed by atoms with Gasteiger partial charge < -0.3 is 0 Å². The molecule has 8 heteroatoms. The van der Waals surface area contributed by atoms with Crippen molar-refractivity contribution in [3.05, 3.63) is 26.3 Å². The maximum atomic E-state index is 5.65. The molecule has 0 bridgehead atoms. The summed E-state index contributed by atoms with van der Waals surface area (Å²) in [6.45, 7) is 1.38. The zero-order valence-corrected chi connectivity index (χ0v) is 15.8. The Morgan fingerprint density at radius 3 is 1.78 bits per heavy atom. The van der Waals surface area contributed by atoms with Crippen LogP contribution in [0.2, 0.25) is 10.6 Å². The topological polar surface area (TPSA) is 18.5 Å². The van der Waals surface area contributed by atoms with E-state index >= 15 is 0 Å². The van der Waals surface area contributed by atoms with Crippen molar-refractivity contribution in [3.8, 4) is 0 Å². The Bertz CT molecular complexity index is 416. The Morgan fingerprint density at radius 1 is 0.722 bits per heavy atom. The van der Waals surface area contributed by atoms with Gasteiger partial charge in [0.05, 0.1) is 0 Å². The van der Waals surface area contributed by atoms with Crippen LogP contribution in [0, 0.1) is 0 Å². The number of hydrogen-bond donors (Lipinski definition) is 0. The Labute approximate surface area is 135 Å². The van der Waals surface area contributed by atoms with Crippen LogP contribution in [0.3, 0.4) is 0 Å². The first kappa shape index (κ1) is 13.0. The summed E-state index contributed by atoms with van der Waals surface area (Å²) in [5, 5.41) is 4.86. The van der Waals surface area contributed by atoms with E-state index in [1.807, 2.05) is 23.5 Å². The van der Waals surface area contributed by atoms with Crippen LogP contribution in [0.15, 0.2) is 26.3 Å². The van der Waals surface area contributed by atoms with Crippen molar-refractivity contribution in [1.82, 2.24) is 0 Å². The molecule has 0 amide bonds. The summed E-state index contributed by atoms with van der Waals surface area (Å²) in [6, 6.07) is 0. The van der Waals surface area contributed by atoms with E-state index in [-0.39, 0.29) is 0 Å². The fourth-order valence-electron chi connectivity index (χ4n) is 1.60. The van der Waals surface area contributed by atoms with Gasteiger partial charge in [-0.25, -0.2) is 0 Å². The van der Waals surface area contributed by atoms with Gasteiger partial charge in [0.15, 0.2) is 0 Å². The van der Waals surface area contributed by atoms with Gasteiger partial charge in [-0.05, 0) is 0 Å². The molecule has 0 N–H and O–H groups in total. The quantitative estimate of drug-likeness (QED) is 0.526. The van der Waals surface area contributed by atoms with Gasteiger partial charge in [0.2, 0.25) is 0 Å². The third-order valence-electron chi connectivity index (χ3n) is 2.34. The van der Waals surface area contributed by atoms with Gasteiger partial charge >= 0.3 is 137 Å². The minimum atomic E-state index is 0.691. The summed E-state index contributed by atoms with van der Waals surface area (Å²) in [4.78, 5) is 0. The Hall–Kier alpha value is 1.26. The van der Waals surface area contributed by atoms with Gasteiger partial charge in [-0.1, -0.05) is 0 Å². The van der Waals surface area contributed by atoms with Gasteiger partial charge in [0, 0.05) is 0 Å². The summed E-state index contributed by atoms with van der Waals surface area (Å²) in [5.41, 5.74) is 0. The normalized spacial score (nSPS) is 27.1. The van der Waals surface area contributed by atoms with Crippen molar-refractivity contribution in [2.75, 3.05) is 13.2 Å². The van der Waals surface area contributed by atoms with E-state index in [1.165, 1.54) is 19.1 Å². The van der Waals surface area contributed by atoms with Crippen molar-refractivity contribution in [2.24, 2.45) is 0 Å².